The number of ketones is 1. The number of nitrogens with one attached hydrogen (secondary N) is 1. The average molecular weight is 894 g/mol. The lowest BCUT2D eigenvalue weighted by atomic mass is 9.44. The van der Waals surface area contributed by atoms with Crippen molar-refractivity contribution in [1.82, 2.24) is 5.32 Å². The Hall–Kier alpha value is -4.68. The van der Waals surface area contributed by atoms with Crippen molar-refractivity contribution in [3.8, 4) is 0 Å². The van der Waals surface area contributed by atoms with Crippen LogP contribution in [0, 0.1) is 22.7 Å². The number of thiophene rings is 1. The molecule has 63 heavy (non-hydrogen) atoms. The number of carbonyl (C=O) groups is 6. The van der Waals surface area contributed by atoms with Crippen molar-refractivity contribution in [2.45, 2.75) is 146 Å². The Morgan fingerprint density at radius 3 is 2.24 bits per heavy atom. The van der Waals surface area contributed by atoms with Gasteiger partial charge in [0.2, 0.25) is 0 Å². The molecular weight excluding hydrogens is 839 g/mol. The monoisotopic (exact) mass is 893 g/mol. The van der Waals surface area contributed by atoms with E-state index in [0.29, 0.717) is 30.6 Å². The molecule has 1 aliphatic heterocycles. The van der Waals surface area contributed by atoms with E-state index in [2.05, 4.69) is 5.32 Å². The fraction of sp³-hybridized carbons (Fsp3) is 0.609. The molecule has 2 unspecified atom stereocenters. The molecule has 17 heteroatoms. The van der Waals surface area contributed by atoms with Crippen LogP contribution in [-0.4, -0.2) is 112 Å². The second-order valence-corrected chi connectivity index (χ2v) is 19.7. The summed E-state index contributed by atoms with van der Waals surface area (Å²) in [6, 6.07) is 9.90. The number of carbonyl (C=O) groups excluding carboxylic acids is 6. The molecule has 16 nitrogen and oxygen atoms in total. The predicted molar refractivity (Wildman–Crippen MR) is 221 cm³/mol. The standard InChI is InChI=1S/C46H55NO15S/c1-23-28(59-41(54)34(50)33(29-16-11-19-63-29)47-42(55)58-27-14-9-10-15-27)21-46(56)38(61-40(53)25-12-7-6-8-13-25)36-44(5,30(49)20-31-45(36,22-57-31)62-24(2)48)37(51)35(32(23)43(46,3)4)60-39(52)26-17-18-26/h6-8,11-13,16,19,26-28,30-31,33-36,38,49-50,56H,9-10,14-15,17-18,20-22H2,1-5H3,(H,47,55)/t28-,30-,31+,33-,34+,35+,36?,38?,44+,45-,46+/m0/s1. The van der Waals surface area contributed by atoms with E-state index in [1.165, 1.54) is 37.3 Å². The second-order valence-electron chi connectivity index (χ2n) is 18.7. The fourth-order valence-corrected chi connectivity index (χ4v) is 11.6. The van der Waals surface area contributed by atoms with Crippen LogP contribution in [0.4, 0.5) is 4.79 Å². The van der Waals surface area contributed by atoms with Crippen molar-refractivity contribution >= 4 is 47.1 Å². The van der Waals surface area contributed by atoms with Crippen molar-refractivity contribution < 1.29 is 72.5 Å². The Labute approximate surface area is 368 Å². The lowest BCUT2D eigenvalue weighted by Crippen LogP contribution is -2.82. The van der Waals surface area contributed by atoms with Gasteiger partial charge in [-0.2, -0.15) is 0 Å². The molecule has 1 saturated heterocycles. The molecule has 2 heterocycles. The normalized spacial score (nSPS) is 34.4. The van der Waals surface area contributed by atoms with E-state index in [-0.39, 0.29) is 35.8 Å². The summed E-state index contributed by atoms with van der Waals surface area (Å²) in [6.45, 7) is 7.04. The van der Waals surface area contributed by atoms with E-state index in [1.807, 2.05) is 0 Å². The summed E-state index contributed by atoms with van der Waals surface area (Å²) in [5.74, 6) is -6.44. The molecule has 2 bridgehead atoms. The summed E-state index contributed by atoms with van der Waals surface area (Å²) in [7, 11) is 0. The zero-order valence-corrected chi connectivity index (χ0v) is 36.7. The lowest BCUT2D eigenvalue weighted by Gasteiger charge is -2.67. The van der Waals surface area contributed by atoms with Crippen LogP contribution < -0.4 is 5.32 Å². The van der Waals surface area contributed by atoms with Crippen LogP contribution in [0.5, 0.6) is 0 Å². The average Bonchev–Trinajstić information content (AvgIpc) is 3.70. The number of amides is 1. The van der Waals surface area contributed by atoms with Gasteiger partial charge in [0.1, 0.15) is 36.1 Å². The zero-order valence-electron chi connectivity index (χ0n) is 35.9. The van der Waals surface area contributed by atoms with E-state index in [1.54, 1.807) is 56.5 Å². The van der Waals surface area contributed by atoms with Gasteiger partial charge in [0, 0.05) is 30.1 Å². The SMILES string of the molecule is CC(=O)O[C@@]12CO[C@@H]1C[C@H](O)[C@@]1(C)C(=O)[C@H](OC(=O)C3CC3)C3=C(C)[C@@H](OC(=O)[C@H](O)[C@@H](NC(=O)OC4CCCC4)c4cccs4)C[C@@](O)(C(OC(=O)c4ccccc4)C12)C3(C)C. The minimum absolute atomic E-state index is 0.0387. The van der Waals surface area contributed by atoms with Crippen molar-refractivity contribution in [2.24, 2.45) is 22.7 Å². The van der Waals surface area contributed by atoms with Gasteiger partial charge in [0.15, 0.2) is 23.6 Å². The summed E-state index contributed by atoms with van der Waals surface area (Å²) in [5.41, 5.74) is -7.50. The van der Waals surface area contributed by atoms with Gasteiger partial charge < -0.3 is 49.1 Å². The molecule has 5 fully saturated rings. The Balaban J connectivity index is 1.26. The van der Waals surface area contributed by atoms with Crippen molar-refractivity contribution in [2.75, 3.05) is 6.61 Å². The second kappa shape index (κ2) is 16.7. The van der Waals surface area contributed by atoms with E-state index < -0.39 is 119 Å². The Morgan fingerprint density at radius 1 is 0.937 bits per heavy atom. The van der Waals surface area contributed by atoms with Gasteiger partial charge in [-0.25, -0.2) is 14.4 Å². The maximum atomic E-state index is 15.7. The number of hydrogen-bond acceptors (Lipinski definition) is 16. The number of aliphatic hydroxyl groups is 3. The maximum Gasteiger partial charge on any atom is 0.408 e. The highest BCUT2D eigenvalue weighted by Gasteiger charge is 2.78. The summed E-state index contributed by atoms with van der Waals surface area (Å²) in [6.07, 6.45) is -7.29. The van der Waals surface area contributed by atoms with Gasteiger partial charge in [0.05, 0.1) is 35.5 Å². The summed E-state index contributed by atoms with van der Waals surface area (Å²) in [5, 5.41) is 42.0. The number of benzene rings is 1. The molecule has 5 aliphatic carbocycles. The molecule has 6 aliphatic rings. The molecule has 0 radical (unpaired) electrons. The minimum atomic E-state index is -2.38. The highest BCUT2D eigenvalue weighted by atomic mass is 32.1. The van der Waals surface area contributed by atoms with Crippen LogP contribution in [-0.2, 0) is 47.6 Å². The molecule has 1 amide bonds. The van der Waals surface area contributed by atoms with Crippen molar-refractivity contribution in [1.29, 1.82) is 0 Å². The highest BCUT2D eigenvalue weighted by Crippen LogP contribution is 2.64. The zero-order chi connectivity index (χ0) is 45.2. The van der Waals surface area contributed by atoms with Crippen LogP contribution in [0.1, 0.15) is 107 Å². The predicted octanol–water partition coefficient (Wildman–Crippen LogP) is 4.43. The summed E-state index contributed by atoms with van der Waals surface area (Å²) >= 11 is 1.17. The van der Waals surface area contributed by atoms with Gasteiger partial charge in [-0.15, -0.1) is 11.3 Å². The number of ether oxygens (including phenoxy) is 6. The first-order valence-electron chi connectivity index (χ1n) is 21.7. The van der Waals surface area contributed by atoms with Crippen molar-refractivity contribution in [3.63, 3.8) is 0 Å². The van der Waals surface area contributed by atoms with Crippen LogP contribution >= 0.6 is 11.3 Å². The van der Waals surface area contributed by atoms with Crippen molar-refractivity contribution in [3.05, 3.63) is 69.4 Å². The Morgan fingerprint density at radius 2 is 1.63 bits per heavy atom. The molecule has 4 saturated carbocycles. The van der Waals surface area contributed by atoms with Gasteiger partial charge >= 0.3 is 30.0 Å². The van der Waals surface area contributed by atoms with E-state index >= 15 is 4.79 Å². The third kappa shape index (κ3) is 7.66. The first kappa shape index (κ1) is 44.9. The third-order valence-electron chi connectivity index (χ3n) is 14.6. The number of aliphatic hydroxyl groups excluding tert-OH is 2. The molecule has 0 spiro atoms. The maximum absolute atomic E-state index is 15.7. The van der Waals surface area contributed by atoms with E-state index in [4.69, 9.17) is 28.4 Å². The Kier molecular flexibility index (Phi) is 11.9. The number of rotatable bonds is 11. The van der Waals surface area contributed by atoms with E-state index in [9.17, 15) is 39.3 Å². The number of fused-ring (bicyclic) bond motifs is 5. The van der Waals surface area contributed by atoms with Gasteiger partial charge in [-0.3, -0.25) is 14.4 Å². The quantitative estimate of drug-likeness (QED) is 0.139. The van der Waals surface area contributed by atoms with Crippen LogP contribution in [0.3, 0.4) is 0 Å². The molecule has 4 N–H and O–H groups in total. The minimum Gasteiger partial charge on any atom is -0.456 e. The lowest BCUT2D eigenvalue weighted by molar-refractivity contribution is -0.346. The first-order chi connectivity index (χ1) is 29.8. The largest absolute Gasteiger partial charge is 0.456 e. The van der Waals surface area contributed by atoms with Crippen LogP contribution in [0.15, 0.2) is 59.0 Å². The van der Waals surface area contributed by atoms with Crippen LogP contribution in [0.25, 0.3) is 0 Å². The fourth-order valence-electron chi connectivity index (χ4n) is 10.8. The summed E-state index contributed by atoms with van der Waals surface area (Å²) in [4.78, 5) is 84.6. The topological polar surface area (TPSA) is 231 Å². The van der Waals surface area contributed by atoms with Gasteiger partial charge in [0.25, 0.3) is 0 Å². The first-order valence-corrected chi connectivity index (χ1v) is 22.5. The molecular formula is C46H55NO15S. The van der Waals surface area contributed by atoms with Crippen LogP contribution in [0.2, 0.25) is 0 Å². The molecule has 2 aromatic rings. The molecule has 1 aromatic carbocycles. The summed E-state index contributed by atoms with van der Waals surface area (Å²) < 4.78 is 36.3. The third-order valence-corrected chi connectivity index (χ3v) is 15.5. The molecule has 1 aromatic heterocycles. The highest BCUT2D eigenvalue weighted by molar-refractivity contribution is 7.10. The smallest absolute Gasteiger partial charge is 0.408 e. The van der Waals surface area contributed by atoms with E-state index in [0.717, 1.165) is 12.8 Å². The molecule has 340 valence electrons. The molecule has 11 atom stereocenters. The number of esters is 4. The van der Waals surface area contributed by atoms with Gasteiger partial charge in [-0.1, -0.05) is 38.1 Å². The Bertz CT molecular complexity index is 2160. The number of alkyl carbamates (subject to hydrolysis) is 1. The number of Topliss-reactive ketones (excluding diaryl/α,β-unsaturated/α-hetero) is 1. The van der Waals surface area contributed by atoms with Gasteiger partial charge in [-0.05, 0) is 87.1 Å². The number of hydrogen-bond donors (Lipinski definition) is 4. The molecule has 8 rings (SSSR count).